The zero-order valence-corrected chi connectivity index (χ0v) is 12.2. The van der Waals surface area contributed by atoms with Crippen LogP contribution in [-0.4, -0.2) is 41.7 Å². The third kappa shape index (κ3) is 3.64. The van der Waals surface area contributed by atoms with Gasteiger partial charge in [0, 0.05) is 31.0 Å². The van der Waals surface area contributed by atoms with Gasteiger partial charge in [0.25, 0.3) is 0 Å². The Morgan fingerprint density at radius 2 is 1.95 bits per heavy atom. The summed E-state index contributed by atoms with van der Waals surface area (Å²) in [6.07, 6.45) is 1.14. The van der Waals surface area contributed by atoms with Crippen molar-refractivity contribution in [3.8, 4) is 0 Å². The maximum atomic E-state index is 12.0. The van der Waals surface area contributed by atoms with Crippen LogP contribution < -0.4 is 0 Å². The Bertz CT molecular complexity index is 424. The molecule has 0 unspecified atom stereocenters. The molecule has 2 rings (SSSR count). The summed E-state index contributed by atoms with van der Waals surface area (Å²) in [5, 5.41) is 9.40. The molecule has 1 saturated heterocycles. The van der Waals surface area contributed by atoms with Crippen molar-refractivity contribution < 1.29 is 14.6 Å². The van der Waals surface area contributed by atoms with E-state index in [-0.39, 0.29) is 24.7 Å². The summed E-state index contributed by atoms with van der Waals surface area (Å²) in [5.41, 5.74) is 0.737. The summed E-state index contributed by atoms with van der Waals surface area (Å²) in [6, 6.07) is 9.61. The predicted molar refractivity (Wildman–Crippen MR) is 77.7 cm³/mol. The molecule has 5 heteroatoms. The molecular weight excluding hydrogens is 278 g/mol. The number of carbonyl (C=O) groups excluding carboxylic acids is 1. The minimum Gasteiger partial charge on any atom is -0.445 e. The highest BCUT2D eigenvalue weighted by Crippen LogP contribution is 2.32. The molecule has 1 fully saturated rings. The SMILES string of the molecule is O=C(OCc1ccccc1)N1CCC(CO)(CCl)CC1. The Morgan fingerprint density at radius 3 is 2.50 bits per heavy atom. The Kier molecular flexibility index (Phi) is 5.26. The molecule has 4 nitrogen and oxygen atoms in total. The number of hydrogen-bond acceptors (Lipinski definition) is 3. The Morgan fingerprint density at radius 1 is 1.30 bits per heavy atom. The first-order chi connectivity index (χ1) is 9.69. The maximum Gasteiger partial charge on any atom is 0.410 e. The normalized spacial score (nSPS) is 17.8. The van der Waals surface area contributed by atoms with Crippen LogP contribution in [0.25, 0.3) is 0 Å². The van der Waals surface area contributed by atoms with Gasteiger partial charge in [-0.2, -0.15) is 0 Å². The third-order valence-corrected chi connectivity index (χ3v) is 4.47. The number of carbonyl (C=O) groups is 1. The van der Waals surface area contributed by atoms with Crippen molar-refractivity contribution in [2.45, 2.75) is 19.4 Å². The van der Waals surface area contributed by atoms with E-state index in [0.717, 1.165) is 5.56 Å². The lowest BCUT2D eigenvalue weighted by Crippen LogP contribution is -2.45. The van der Waals surface area contributed by atoms with Crippen LogP contribution in [0.15, 0.2) is 30.3 Å². The fraction of sp³-hybridized carbons (Fsp3) is 0.533. The number of amides is 1. The molecule has 1 aliphatic heterocycles. The summed E-state index contributed by atoms with van der Waals surface area (Å²) in [7, 11) is 0. The fourth-order valence-electron chi connectivity index (χ4n) is 2.31. The molecule has 0 radical (unpaired) electrons. The minimum atomic E-state index is -0.296. The van der Waals surface area contributed by atoms with Crippen LogP contribution in [0.5, 0.6) is 0 Å². The molecule has 0 atom stereocenters. The van der Waals surface area contributed by atoms with Crippen molar-refractivity contribution in [1.82, 2.24) is 4.90 Å². The van der Waals surface area contributed by atoms with Crippen LogP contribution in [0.3, 0.4) is 0 Å². The zero-order chi connectivity index (χ0) is 14.4. The van der Waals surface area contributed by atoms with Crippen molar-refractivity contribution in [3.05, 3.63) is 35.9 Å². The van der Waals surface area contributed by atoms with E-state index >= 15 is 0 Å². The zero-order valence-electron chi connectivity index (χ0n) is 11.4. The van der Waals surface area contributed by atoms with Crippen molar-refractivity contribution in [2.24, 2.45) is 5.41 Å². The van der Waals surface area contributed by atoms with E-state index in [4.69, 9.17) is 16.3 Å². The van der Waals surface area contributed by atoms with Crippen molar-refractivity contribution in [2.75, 3.05) is 25.6 Å². The second-order valence-electron chi connectivity index (χ2n) is 5.32. The summed E-state index contributed by atoms with van der Waals surface area (Å²) < 4.78 is 5.29. The van der Waals surface area contributed by atoms with E-state index in [9.17, 15) is 9.90 Å². The molecule has 0 bridgehead atoms. The van der Waals surface area contributed by atoms with Crippen LogP contribution in [0.4, 0.5) is 4.79 Å². The van der Waals surface area contributed by atoms with Crippen LogP contribution in [0, 0.1) is 5.41 Å². The number of benzene rings is 1. The summed E-state index contributed by atoms with van der Waals surface area (Å²) in [6.45, 7) is 1.53. The number of halogens is 1. The number of alkyl halides is 1. The molecular formula is C15H20ClNO3. The van der Waals surface area contributed by atoms with Gasteiger partial charge in [0.05, 0.1) is 0 Å². The predicted octanol–water partition coefficient (Wildman–Crippen LogP) is 2.64. The van der Waals surface area contributed by atoms with E-state index in [0.29, 0.717) is 31.8 Å². The first-order valence-electron chi connectivity index (χ1n) is 6.81. The molecule has 1 aliphatic rings. The number of piperidine rings is 1. The van der Waals surface area contributed by atoms with Crippen molar-refractivity contribution in [3.63, 3.8) is 0 Å². The smallest absolute Gasteiger partial charge is 0.410 e. The molecule has 1 amide bonds. The van der Waals surface area contributed by atoms with Crippen LogP contribution >= 0.6 is 11.6 Å². The lowest BCUT2D eigenvalue weighted by atomic mass is 9.81. The molecule has 20 heavy (non-hydrogen) atoms. The lowest BCUT2D eigenvalue weighted by Gasteiger charge is -2.38. The molecule has 110 valence electrons. The van der Waals surface area contributed by atoms with Crippen LogP contribution in [0.2, 0.25) is 0 Å². The second kappa shape index (κ2) is 6.95. The maximum absolute atomic E-state index is 12.0. The summed E-state index contributed by atoms with van der Waals surface area (Å²) in [4.78, 5) is 13.7. The number of nitrogens with zero attached hydrogens (tertiary/aromatic N) is 1. The summed E-state index contributed by atoms with van der Waals surface area (Å²) >= 11 is 5.91. The average molecular weight is 298 g/mol. The van der Waals surface area contributed by atoms with Gasteiger partial charge in [0.1, 0.15) is 6.61 Å². The first kappa shape index (κ1) is 15.1. The highest BCUT2D eigenvalue weighted by molar-refractivity contribution is 6.18. The van der Waals surface area contributed by atoms with Gasteiger partial charge in [-0.25, -0.2) is 4.79 Å². The highest BCUT2D eigenvalue weighted by atomic mass is 35.5. The van der Waals surface area contributed by atoms with Gasteiger partial charge in [-0.3, -0.25) is 0 Å². The van der Waals surface area contributed by atoms with Gasteiger partial charge in [0.15, 0.2) is 0 Å². The number of aliphatic hydroxyl groups is 1. The van der Waals surface area contributed by atoms with Crippen molar-refractivity contribution >= 4 is 17.7 Å². The first-order valence-corrected chi connectivity index (χ1v) is 7.35. The molecule has 0 aromatic heterocycles. The summed E-state index contributed by atoms with van der Waals surface area (Å²) in [5.74, 6) is 0.427. The molecule has 1 aromatic carbocycles. The van der Waals surface area contributed by atoms with Gasteiger partial charge in [-0.15, -0.1) is 11.6 Å². The highest BCUT2D eigenvalue weighted by Gasteiger charge is 2.35. The Balaban J connectivity index is 1.80. The van der Waals surface area contributed by atoms with Crippen LogP contribution in [0.1, 0.15) is 18.4 Å². The molecule has 1 N–H and O–H groups in total. The largest absolute Gasteiger partial charge is 0.445 e. The van der Waals surface area contributed by atoms with Gasteiger partial charge < -0.3 is 14.7 Å². The quantitative estimate of drug-likeness (QED) is 0.869. The van der Waals surface area contributed by atoms with E-state index in [1.165, 1.54) is 0 Å². The van der Waals surface area contributed by atoms with Gasteiger partial charge in [-0.05, 0) is 18.4 Å². The molecule has 1 aromatic rings. The third-order valence-electron chi connectivity index (χ3n) is 3.91. The second-order valence-corrected chi connectivity index (χ2v) is 5.59. The lowest BCUT2D eigenvalue weighted by molar-refractivity contribution is 0.0433. The van der Waals surface area contributed by atoms with E-state index in [1.54, 1.807) is 4.90 Å². The number of likely N-dealkylation sites (tertiary alicyclic amines) is 1. The Labute approximate surface area is 124 Å². The van der Waals surface area contributed by atoms with E-state index < -0.39 is 0 Å². The molecule has 0 saturated carbocycles. The topological polar surface area (TPSA) is 49.8 Å². The standard InChI is InChI=1S/C15H20ClNO3/c16-11-15(12-18)6-8-17(9-7-15)14(19)20-10-13-4-2-1-3-5-13/h1-5,18H,6-12H2. The van der Waals surface area contributed by atoms with Crippen molar-refractivity contribution in [1.29, 1.82) is 0 Å². The Hall–Kier alpha value is -1.26. The van der Waals surface area contributed by atoms with Gasteiger partial charge >= 0.3 is 6.09 Å². The average Bonchev–Trinajstić information content (AvgIpc) is 2.53. The van der Waals surface area contributed by atoms with E-state index in [1.807, 2.05) is 30.3 Å². The molecule has 1 heterocycles. The molecule has 0 aliphatic carbocycles. The molecule has 0 spiro atoms. The van der Waals surface area contributed by atoms with Gasteiger partial charge in [0.2, 0.25) is 0 Å². The number of ether oxygens (including phenoxy) is 1. The number of aliphatic hydroxyl groups excluding tert-OH is 1. The van der Waals surface area contributed by atoms with Crippen LogP contribution in [-0.2, 0) is 11.3 Å². The monoisotopic (exact) mass is 297 g/mol. The van der Waals surface area contributed by atoms with E-state index in [2.05, 4.69) is 0 Å². The minimum absolute atomic E-state index is 0.0728. The number of rotatable bonds is 4. The fourth-order valence-corrected chi connectivity index (χ4v) is 2.66. The number of hydrogen-bond donors (Lipinski definition) is 1. The van der Waals surface area contributed by atoms with Gasteiger partial charge in [-0.1, -0.05) is 30.3 Å².